The number of aromatic nitrogens is 1. The summed E-state index contributed by atoms with van der Waals surface area (Å²) in [6.07, 6.45) is 0.972. The Labute approximate surface area is 107 Å². The van der Waals surface area contributed by atoms with E-state index in [-0.39, 0.29) is 6.09 Å². The van der Waals surface area contributed by atoms with Crippen LogP contribution in [0.4, 0.5) is 4.79 Å². The highest BCUT2D eigenvalue weighted by Crippen LogP contribution is 2.17. The van der Waals surface area contributed by atoms with Gasteiger partial charge in [0, 0.05) is 11.9 Å². The van der Waals surface area contributed by atoms with Gasteiger partial charge in [-0.1, -0.05) is 0 Å². The van der Waals surface area contributed by atoms with E-state index in [9.17, 15) is 9.90 Å². The van der Waals surface area contributed by atoms with E-state index in [2.05, 4.69) is 0 Å². The first kappa shape index (κ1) is 13.0. The number of carbonyl (C=O) groups excluding carboxylic acids is 1. The molecule has 2 heterocycles. The summed E-state index contributed by atoms with van der Waals surface area (Å²) >= 11 is 0. The van der Waals surface area contributed by atoms with E-state index in [1.165, 1.54) is 0 Å². The Balaban J connectivity index is 2.12. The van der Waals surface area contributed by atoms with E-state index in [0.717, 1.165) is 5.69 Å². The van der Waals surface area contributed by atoms with Crippen molar-refractivity contribution in [2.45, 2.75) is 45.6 Å². The number of aliphatic hydroxyl groups excluding tert-OH is 1. The number of hydrogen-bond donors (Lipinski definition) is 1. The fraction of sp³-hybridized carbons (Fsp3) is 0.615. The molecule has 0 aliphatic carbocycles. The van der Waals surface area contributed by atoms with E-state index in [4.69, 9.17) is 4.74 Å². The predicted octanol–water partition coefficient (Wildman–Crippen LogP) is 1.60. The van der Waals surface area contributed by atoms with Crippen molar-refractivity contribution in [3.8, 4) is 0 Å². The molecule has 0 aromatic carbocycles. The zero-order chi connectivity index (χ0) is 13.3. The van der Waals surface area contributed by atoms with Crippen LogP contribution in [0.3, 0.4) is 0 Å². The molecule has 1 atom stereocenters. The van der Waals surface area contributed by atoms with Crippen LogP contribution < -0.4 is 0 Å². The zero-order valence-electron chi connectivity index (χ0n) is 11.1. The van der Waals surface area contributed by atoms with Crippen LogP contribution in [0, 0.1) is 0 Å². The molecule has 5 nitrogen and oxygen atoms in total. The van der Waals surface area contributed by atoms with Gasteiger partial charge in [-0.3, -0.25) is 4.90 Å². The fourth-order valence-electron chi connectivity index (χ4n) is 2.04. The first-order chi connectivity index (χ1) is 8.35. The summed E-state index contributed by atoms with van der Waals surface area (Å²) in [4.78, 5) is 13.6. The SMILES string of the molecule is CC(C)(C)OC(=O)N1Cc2cccn2C[C@H](O)C1. The van der Waals surface area contributed by atoms with Crippen molar-refractivity contribution in [3.05, 3.63) is 24.0 Å². The molecule has 5 heteroatoms. The van der Waals surface area contributed by atoms with Crippen molar-refractivity contribution in [2.75, 3.05) is 6.54 Å². The van der Waals surface area contributed by atoms with Crippen LogP contribution in [-0.4, -0.2) is 38.9 Å². The third kappa shape index (κ3) is 3.04. The number of β-amino-alcohol motifs (C(OH)–C–C–N with tert-alkyl or cyclic N) is 1. The summed E-state index contributed by atoms with van der Waals surface area (Å²) in [5.74, 6) is 0. The van der Waals surface area contributed by atoms with Crippen LogP contribution >= 0.6 is 0 Å². The van der Waals surface area contributed by atoms with Gasteiger partial charge in [-0.25, -0.2) is 4.79 Å². The van der Waals surface area contributed by atoms with Crippen LogP contribution in [0.2, 0.25) is 0 Å². The molecule has 0 radical (unpaired) electrons. The second-order valence-corrected chi connectivity index (χ2v) is 5.67. The zero-order valence-corrected chi connectivity index (χ0v) is 11.1. The Kier molecular flexibility index (Phi) is 3.34. The average molecular weight is 252 g/mol. The fourth-order valence-corrected chi connectivity index (χ4v) is 2.04. The smallest absolute Gasteiger partial charge is 0.410 e. The maximum Gasteiger partial charge on any atom is 0.410 e. The van der Waals surface area contributed by atoms with Crippen molar-refractivity contribution in [3.63, 3.8) is 0 Å². The Morgan fingerprint density at radius 2 is 2.17 bits per heavy atom. The third-order valence-electron chi connectivity index (χ3n) is 2.77. The highest BCUT2D eigenvalue weighted by molar-refractivity contribution is 5.68. The van der Waals surface area contributed by atoms with Crippen LogP contribution in [0.5, 0.6) is 0 Å². The number of amides is 1. The Morgan fingerprint density at radius 1 is 1.44 bits per heavy atom. The highest BCUT2D eigenvalue weighted by Gasteiger charge is 2.27. The second kappa shape index (κ2) is 4.65. The van der Waals surface area contributed by atoms with Crippen molar-refractivity contribution < 1.29 is 14.6 Å². The molecule has 0 saturated heterocycles. The van der Waals surface area contributed by atoms with Gasteiger partial charge in [-0.15, -0.1) is 0 Å². The number of rotatable bonds is 0. The molecule has 0 fully saturated rings. The molecule has 18 heavy (non-hydrogen) atoms. The minimum absolute atomic E-state index is 0.302. The van der Waals surface area contributed by atoms with E-state index < -0.39 is 11.7 Å². The molecule has 0 bridgehead atoms. The minimum atomic E-state index is -0.564. The number of aliphatic hydroxyl groups is 1. The van der Waals surface area contributed by atoms with Gasteiger partial charge >= 0.3 is 6.09 Å². The Hall–Kier alpha value is -1.49. The molecule has 1 aromatic rings. The molecule has 2 rings (SSSR count). The van der Waals surface area contributed by atoms with Crippen LogP contribution in [0.25, 0.3) is 0 Å². The quantitative estimate of drug-likeness (QED) is 0.763. The summed E-state index contributed by atoms with van der Waals surface area (Å²) in [5.41, 5.74) is 0.494. The van der Waals surface area contributed by atoms with Crippen molar-refractivity contribution >= 4 is 6.09 Å². The largest absolute Gasteiger partial charge is 0.444 e. The maximum atomic E-state index is 12.0. The van der Waals surface area contributed by atoms with Gasteiger partial charge in [0.05, 0.1) is 25.7 Å². The summed E-state index contributed by atoms with van der Waals surface area (Å²) in [5, 5.41) is 9.90. The molecular weight excluding hydrogens is 232 g/mol. The average Bonchev–Trinajstić information content (AvgIpc) is 2.55. The Bertz CT molecular complexity index is 434. The van der Waals surface area contributed by atoms with Crippen molar-refractivity contribution in [1.29, 1.82) is 0 Å². The first-order valence-electron chi connectivity index (χ1n) is 6.15. The molecule has 0 spiro atoms. The molecule has 0 saturated carbocycles. The summed E-state index contributed by atoms with van der Waals surface area (Å²) < 4.78 is 7.31. The molecule has 0 unspecified atom stereocenters. The van der Waals surface area contributed by atoms with E-state index >= 15 is 0 Å². The second-order valence-electron chi connectivity index (χ2n) is 5.67. The lowest BCUT2D eigenvalue weighted by Crippen LogP contribution is -2.39. The van der Waals surface area contributed by atoms with E-state index in [1.807, 2.05) is 43.7 Å². The Morgan fingerprint density at radius 3 is 2.83 bits per heavy atom. The standard InChI is InChI=1S/C13H20N2O3/c1-13(2,3)18-12(17)15-7-10-5-4-6-14(10)8-11(16)9-15/h4-6,11,16H,7-9H2,1-3H3/t11-/m0/s1. The van der Waals surface area contributed by atoms with Gasteiger partial charge < -0.3 is 14.4 Å². The van der Waals surface area contributed by atoms with Gasteiger partial charge in [-0.05, 0) is 32.9 Å². The summed E-state index contributed by atoms with van der Waals surface area (Å²) in [6.45, 7) is 6.79. The van der Waals surface area contributed by atoms with E-state index in [1.54, 1.807) is 4.90 Å². The highest BCUT2D eigenvalue weighted by atomic mass is 16.6. The lowest BCUT2D eigenvalue weighted by atomic mass is 10.2. The number of ether oxygens (including phenoxy) is 1. The lowest BCUT2D eigenvalue weighted by Gasteiger charge is -2.27. The summed E-state index contributed by atoms with van der Waals surface area (Å²) in [7, 11) is 0. The topological polar surface area (TPSA) is 54.7 Å². The van der Waals surface area contributed by atoms with Crippen LogP contribution in [0.1, 0.15) is 26.5 Å². The lowest BCUT2D eigenvalue weighted by molar-refractivity contribution is 0.0139. The minimum Gasteiger partial charge on any atom is -0.444 e. The molecule has 1 N–H and O–H groups in total. The summed E-state index contributed by atoms with van der Waals surface area (Å²) in [6, 6.07) is 3.87. The molecule has 1 aliphatic rings. The predicted molar refractivity (Wildman–Crippen MR) is 67.1 cm³/mol. The number of hydrogen-bond acceptors (Lipinski definition) is 3. The van der Waals surface area contributed by atoms with Gasteiger partial charge in [0.1, 0.15) is 5.60 Å². The van der Waals surface area contributed by atoms with Gasteiger partial charge in [0.25, 0.3) is 0 Å². The van der Waals surface area contributed by atoms with E-state index in [0.29, 0.717) is 19.6 Å². The van der Waals surface area contributed by atoms with Crippen molar-refractivity contribution in [2.24, 2.45) is 0 Å². The third-order valence-corrected chi connectivity index (χ3v) is 2.77. The van der Waals surface area contributed by atoms with Crippen LogP contribution in [0.15, 0.2) is 18.3 Å². The van der Waals surface area contributed by atoms with Gasteiger partial charge in [-0.2, -0.15) is 0 Å². The van der Waals surface area contributed by atoms with Gasteiger partial charge in [0.15, 0.2) is 0 Å². The maximum absolute atomic E-state index is 12.0. The molecule has 1 amide bonds. The first-order valence-corrected chi connectivity index (χ1v) is 6.15. The number of nitrogens with zero attached hydrogens (tertiary/aromatic N) is 2. The molecule has 1 aromatic heterocycles. The molecule has 1 aliphatic heterocycles. The molecule has 100 valence electrons. The number of fused-ring (bicyclic) bond motifs is 1. The molecular formula is C13H20N2O3. The van der Waals surface area contributed by atoms with Crippen LogP contribution in [-0.2, 0) is 17.8 Å². The monoisotopic (exact) mass is 252 g/mol. The number of carbonyl (C=O) groups is 1. The normalized spacial score (nSPS) is 20.2. The van der Waals surface area contributed by atoms with Gasteiger partial charge in [0.2, 0.25) is 0 Å². The van der Waals surface area contributed by atoms with Crippen molar-refractivity contribution in [1.82, 2.24) is 9.47 Å².